The number of halogens is 2. The highest BCUT2D eigenvalue weighted by atomic mass is 32.1. The fourth-order valence-corrected chi connectivity index (χ4v) is 4.56. The zero-order valence-corrected chi connectivity index (χ0v) is 19.4. The number of aromatic nitrogens is 5. The quantitative estimate of drug-likeness (QED) is 0.341. The maximum atomic E-state index is 13.0. The molecule has 1 amide bonds. The van der Waals surface area contributed by atoms with Gasteiger partial charge in [0.15, 0.2) is 10.8 Å². The first-order valence-corrected chi connectivity index (χ1v) is 11.3. The van der Waals surface area contributed by atoms with Gasteiger partial charge in [-0.1, -0.05) is 17.3 Å². The lowest BCUT2D eigenvalue weighted by atomic mass is 10.1. The van der Waals surface area contributed by atoms with Crippen molar-refractivity contribution in [3.63, 3.8) is 0 Å². The van der Waals surface area contributed by atoms with Gasteiger partial charge in [0.25, 0.3) is 5.91 Å². The normalized spacial score (nSPS) is 11.2. The molecule has 0 aliphatic rings. The summed E-state index contributed by atoms with van der Waals surface area (Å²) in [5.41, 5.74) is 2.90. The molecular formula is C24H18F2N6O2S. The summed E-state index contributed by atoms with van der Waals surface area (Å²) in [5, 5.41) is 13.4. The summed E-state index contributed by atoms with van der Waals surface area (Å²) in [6.07, 6.45) is 3.47. The van der Waals surface area contributed by atoms with Crippen molar-refractivity contribution in [1.29, 1.82) is 0 Å². The molecule has 0 fully saturated rings. The van der Waals surface area contributed by atoms with Crippen LogP contribution in [0.2, 0.25) is 0 Å². The summed E-state index contributed by atoms with van der Waals surface area (Å²) in [5.74, 6) is -0.372. The van der Waals surface area contributed by atoms with Crippen LogP contribution in [0, 0.1) is 13.8 Å². The third-order valence-electron chi connectivity index (χ3n) is 5.37. The molecule has 35 heavy (non-hydrogen) atoms. The number of pyridine rings is 1. The maximum absolute atomic E-state index is 13.0. The van der Waals surface area contributed by atoms with Gasteiger partial charge in [0.2, 0.25) is 0 Å². The van der Waals surface area contributed by atoms with Gasteiger partial charge >= 0.3 is 6.61 Å². The highest BCUT2D eigenvalue weighted by Gasteiger charge is 2.20. The smallest absolute Gasteiger partial charge is 0.387 e. The average molecular weight is 493 g/mol. The lowest BCUT2D eigenvalue weighted by Crippen LogP contribution is -2.14. The minimum atomic E-state index is -2.89. The van der Waals surface area contributed by atoms with Gasteiger partial charge in [-0.3, -0.25) is 15.1 Å². The zero-order valence-electron chi connectivity index (χ0n) is 18.6. The number of nitrogens with one attached hydrogen (secondary N) is 1. The molecule has 8 nitrogen and oxygen atoms in total. The van der Waals surface area contributed by atoms with E-state index in [1.807, 2.05) is 31.2 Å². The molecule has 0 aliphatic carbocycles. The molecule has 2 aromatic carbocycles. The van der Waals surface area contributed by atoms with Crippen LogP contribution < -0.4 is 10.1 Å². The van der Waals surface area contributed by atoms with Gasteiger partial charge in [-0.05, 0) is 50.2 Å². The fourth-order valence-electron chi connectivity index (χ4n) is 3.73. The van der Waals surface area contributed by atoms with E-state index in [1.54, 1.807) is 36.1 Å². The third-order valence-corrected chi connectivity index (χ3v) is 6.25. The monoisotopic (exact) mass is 492 g/mol. The Kier molecular flexibility index (Phi) is 5.91. The predicted octanol–water partition coefficient (Wildman–Crippen LogP) is 5.41. The van der Waals surface area contributed by atoms with E-state index in [4.69, 9.17) is 0 Å². The van der Waals surface area contributed by atoms with Crippen molar-refractivity contribution >= 4 is 33.1 Å². The highest BCUT2D eigenvalue weighted by Crippen LogP contribution is 2.32. The van der Waals surface area contributed by atoms with Gasteiger partial charge in [0, 0.05) is 33.6 Å². The number of alkyl halides is 2. The Labute approximate surface area is 202 Å². The lowest BCUT2D eigenvalue weighted by Gasteiger charge is -2.07. The summed E-state index contributed by atoms with van der Waals surface area (Å²) in [4.78, 5) is 22.5. The number of nitrogens with zero attached hydrogens (tertiary/aromatic N) is 5. The number of thiazole rings is 1. The minimum Gasteiger partial charge on any atom is -0.435 e. The lowest BCUT2D eigenvalue weighted by molar-refractivity contribution is -0.0498. The van der Waals surface area contributed by atoms with Gasteiger partial charge in [-0.2, -0.15) is 8.78 Å². The first-order chi connectivity index (χ1) is 16.9. The van der Waals surface area contributed by atoms with Gasteiger partial charge in [-0.15, -0.1) is 16.4 Å². The van der Waals surface area contributed by atoms with E-state index >= 15 is 0 Å². The molecule has 3 aromatic heterocycles. The van der Waals surface area contributed by atoms with Gasteiger partial charge in [-0.25, -0.2) is 9.67 Å². The Balaban J connectivity index is 1.38. The Morgan fingerprint density at radius 2 is 1.91 bits per heavy atom. The van der Waals surface area contributed by atoms with Crippen molar-refractivity contribution in [3.8, 4) is 22.7 Å². The molecule has 0 unspecified atom stereocenters. The molecule has 0 radical (unpaired) electrons. The second-order valence-electron chi connectivity index (χ2n) is 7.59. The highest BCUT2D eigenvalue weighted by molar-refractivity contribution is 7.16. The van der Waals surface area contributed by atoms with Crippen molar-refractivity contribution in [2.75, 3.05) is 5.32 Å². The molecule has 5 aromatic rings. The number of ether oxygens (including phenoxy) is 1. The van der Waals surface area contributed by atoms with E-state index in [0.29, 0.717) is 22.1 Å². The summed E-state index contributed by atoms with van der Waals surface area (Å²) < 4.78 is 30.8. The van der Waals surface area contributed by atoms with E-state index in [1.165, 1.54) is 23.5 Å². The van der Waals surface area contributed by atoms with Gasteiger partial charge in [0.05, 0.1) is 17.1 Å². The molecule has 0 spiro atoms. The predicted molar refractivity (Wildman–Crippen MR) is 128 cm³/mol. The van der Waals surface area contributed by atoms with Crippen LogP contribution in [-0.4, -0.2) is 37.5 Å². The Morgan fingerprint density at radius 3 is 2.69 bits per heavy atom. The molecule has 176 valence electrons. The number of amides is 1. The number of aryl methyl sites for hydroxylation is 1. The molecule has 5 rings (SSSR count). The van der Waals surface area contributed by atoms with E-state index in [-0.39, 0.29) is 11.4 Å². The van der Waals surface area contributed by atoms with Crippen LogP contribution >= 0.6 is 11.3 Å². The Morgan fingerprint density at radius 1 is 1.11 bits per heavy atom. The van der Waals surface area contributed by atoms with Crippen LogP contribution in [0.15, 0.2) is 60.9 Å². The molecule has 0 bridgehead atoms. The molecule has 0 atom stereocenters. The Hall–Kier alpha value is -4.25. The van der Waals surface area contributed by atoms with Crippen LogP contribution in [0.25, 0.3) is 27.7 Å². The van der Waals surface area contributed by atoms with Crippen molar-refractivity contribution in [2.45, 2.75) is 20.5 Å². The maximum Gasteiger partial charge on any atom is 0.387 e. The molecule has 0 saturated carbocycles. The van der Waals surface area contributed by atoms with Crippen LogP contribution in [0.1, 0.15) is 21.1 Å². The van der Waals surface area contributed by atoms with Crippen LogP contribution in [0.3, 0.4) is 0 Å². The fraction of sp³-hybridized carbons (Fsp3) is 0.125. The zero-order chi connectivity index (χ0) is 24.5. The van der Waals surface area contributed by atoms with E-state index in [9.17, 15) is 13.6 Å². The molecule has 1 N–H and O–H groups in total. The number of carbonyl (C=O) groups excluding carboxylic acids is 1. The number of benzene rings is 2. The average Bonchev–Trinajstić information content (AvgIpc) is 3.40. The topological polar surface area (TPSA) is 94.8 Å². The van der Waals surface area contributed by atoms with Crippen molar-refractivity contribution in [3.05, 3.63) is 77.2 Å². The number of hydrogen-bond acceptors (Lipinski definition) is 7. The number of anilines is 1. The van der Waals surface area contributed by atoms with Crippen molar-refractivity contribution in [2.24, 2.45) is 0 Å². The SMILES string of the molecule is Cc1sc(NC(=O)c2nnn(-c3cccc4cnccc34)c2C)nc1-c1ccc(OC(F)F)cc1. The molecule has 3 heterocycles. The number of rotatable bonds is 6. The van der Waals surface area contributed by atoms with Crippen LogP contribution in [0.4, 0.5) is 13.9 Å². The largest absolute Gasteiger partial charge is 0.435 e. The number of carbonyl (C=O) groups is 1. The summed E-state index contributed by atoms with van der Waals surface area (Å²) >= 11 is 1.30. The van der Waals surface area contributed by atoms with E-state index in [2.05, 4.69) is 30.3 Å². The number of fused-ring (bicyclic) bond motifs is 1. The second-order valence-corrected chi connectivity index (χ2v) is 8.79. The Bertz CT molecular complexity index is 1530. The second kappa shape index (κ2) is 9.18. The molecule has 0 saturated heterocycles. The van der Waals surface area contributed by atoms with E-state index in [0.717, 1.165) is 21.3 Å². The summed E-state index contributed by atoms with van der Waals surface area (Å²) in [6.45, 7) is 0.752. The molecule has 11 heteroatoms. The summed E-state index contributed by atoms with van der Waals surface area (Å²) in [6, 6.07) is 13.8. The number of hydrogen-bond donors (Lipinski definition) is 1. The first kappa shape index (κ1) is 22.5. The standard InChI is InChI=1S/C24H18F2N6O2S/c1-13-20(30-31-32(13)19-5-3-4-16-12-27-11-10-18(16)19)22(33)29-24-28-21(14(2)35-24)15-6-8-17(9-7-15)34-23(25)26/h3-12,23H,1-2H3,(H,28,29,33). The van der Waals surface area contributed by atoms with Crippen molar-refractivity contribution < 1.29 is 18.3 Å². The summed E-state index contributed by atoms with van der Waals surface area (Å²) in [7, 11) is 0. The minimum absolute atomic E-state index is 0.0613. The third kappa shape index (κ3) is 4.45. The van der Waals surface area contributed by atoms with E-state index < -0.39 is 12.5 Å². The van der Waals surface area contributed by atoms with Gasteiger partial charge < -0.3 is 4.74 Å². The molecule has 0 aliphatic heterocycles. The first-order valence-electron chi connectivity index (χ1n) is 10.5. The molecular weight excluding hydrogens is 474 g/mol. The van der Waals surface area contributed by atoms with Gasteiger partial charge in [0.1, 0.15) is 5.75 Å². The van der Waals surface area contributed by atoms with Crippen LogP contribution in [-0.2, 0) is 0 Å². The van der Waals surface area contributed by atoms with Crippen molar-refractivity contribution in [1.82, 2.24) is 25.0 Å². The van der Waals surface area contributed by atoms with Crippen LogP contribution in [0.5, 0.6) is 5.75 Å².